The zero-order valence-electron chi connectivity index (χ0n) is 21.9. The Bertz CT molecular complexity index is 1480. The van der Waals surface area contributed by atoms with E-state index in [9.17, 15) is 24.8 Å². The van der Waals surface area contributed by atoms with Crippen LogP contribution < -0.4 is 5.32 Å². The normalized spacial score (nSPS) is 12.3. The summed E-state index contributed by atoms with van der Waals surface area (Å²) < 4.78 is 12.8. The number of nitro groups is 1. The van der Waals surface area contributed by atoms with Gasteiger partial charge in [-0.15, -0.1) is 0 Å². The van der Waals surface area contributed by atoms with Gasteiger partial charge < -0.3 is 24.3 Å². The number of carbonyl (C=O) groups excluding carboxylic acids is 1. The Morgan fingerprint density at radius 1 is 1.18 bits per heavy atom. The number of aryl methyl sites for hydroxylation is 2. The Hall–Kier alpha value is -4.67. The second-order valence-corrected chi connectivity index (χ2v) is 10.2. The third-order valence-corrected chi connectivity index (χ3v) is 6.04. The molecule has 1 amide bonds. The van der Waals surface area contributed by atoms with Gasteiger partial charge in [0.15, 0.2) is 0 Å². The highest BCUT2D eigenvalue weighted by Crippen LogP contribution is 2.25. The van der Waals surface area contributed by atoms with Crippen molar-refractivity contribution in [3.05, 3.63) is 82.2 Å². The number of nitrogens with one attached hydrogen (secondary N) is 1. The van der Waals surface area contributed by atoms with Gasteiger partial charge in [-0.05, 0) is 51.0 Å². The first-order valence-electron chi connectivity index (χ1n) is 12.5. The fraction of sp³-hybridized carbons (Fsp3) is 0.321. The number of benzene rings is 2. The molecule has 39 heavy (non-hydrogen) atoms. The largest absolute Gasteiger partial charge is 0.480 e. The first kappa shape index (κ1) is 27.4. The standard InChI is InChI=1S/C28H30N4O7/c1-28(2,3)38-27(35)29-24(26(33)34)15-19-17-31(25-9-5-4-8-22(19)25)14-6-7-21-16-23(30-39-21)18-10-12-20(13-11-18)32(36)37/h4-5,8-13,16-17,24H,6-7,14-15H2,1-3H3,(H,29,35)(H,33,34)/t24-/m0/s1. The molecule has 11 nitrogen and oxygen atoms in total. The van der Waals surface area contributed by atoms with E-state index >= 15 is 0 Å². The number of non-ortho nitro benzene ring substituents is 1. The summed E-state index contributed by atoms with van der Waals surface area (Å²) in [6.07, 6.45) is 2.58. The van der Waals surface area contributed by atoms with E-state index in [2.05, 4.69) is 15.0 Å². The number of hydrogen-bond acceptors (Lipinski definition) is 7. The summed E-state index contributed by atoms with van der Waals surface area (Å²) in [5.74, 6) is -0.459. The van der Waals surface area contributed by atoms with E-state index in [1.54, 1.807) is 32.9 Å². The molecule has 2 aromatic carbocycles. The number of ether oxygens (including phenoxy) is 1. The van der Waals surface area contributed by atoms with Crippen molar-refractivity contribution in [1.29, 1.82) is 0 Å². The van der Waals surface area contributed by atoms with Crippen LogP contribution in [0.15, 0.2) is 65.3 Å². The number of carboxylic acid groups (broad SMARTS) is 1. The average molecular weight is 535 g/mol. The van der Waals surface area contributed by atoms with Crippen molar-refractivity contribution >= 4 is 28.7 Å². The van der Waals surface area contributed by atoms with Crippen LogP contribution in [0.5, 0.6) is 0 Å². The van der Waals surface area contributed by atoms with Crippen molar-refractivity contribution in [2.45, 2.75) is 58.2 Å². The topological polar surface area (TPSA) is 150 Å². The number of carboxylic acids is 1. The lowest BCUT2D eigenvalue weighted by molar-refractivity contribution is -0.384. The molecule has 2 heterocycles. The molecule has 0 radical (unpaired) electrons. The molecule has 4 aromatic rings. The predicted molar refractivity (Wildman–Crippen MR) is 143 cm³/mol. The molecule has 4 rings (SSSR count). The Morgan fingerprint density at radius 3 is 2.56 bits per heavy atom. The van der Waals surface area contributed by atoms with Crippen molar-refractivity contribution in [2.24, 2.45) is 0 Å². The summed E-state index contributed by atoms with van der Waals surface area (Å²) in [5, 5.41) is 28.0. The van der Waals surface area contributed by atoms with Crippen LogP contribution in [-0.4, -0.2) is 43.5 Å². The van der Waals surface area contributed by atoms with Gasteiger partial charge >= 0.3 is 12.1 Å². The second-order valence-electron chi connectivity index (χ2n) is 10.2. The number of rotatable bonds is 10. The quantitative estimate of drug-likeness (QED) is 0.204. The molecule has 0 saturated carbocycles. The van der Waals surface area contributed by atoms with Gasteiger partial charge in [0.05, 0.1) is 4.92 Å². The zero-order valence-corrected chi connectivity index (χ0v) is 21.9. The fourth-order valence-corrected chi connectivity index (χ4v) is 4.28. The number of aromatic nitrogens is 2. The van der Waals surface area contributed by atoms with E-state index in [-0.39, 0.29) is 12.1 Å². The van der Waals surface area contributed by atoms with Crippen molar-refractivity contribution in [1.82, 2.24) is 15.0 Å². The second kappa shape index (κ2) is 11.4. The molecule has 0 unspecified atom stereocenters. The number of para-hydroxylation sites is 1. The molecule has 0 spiro atoms. The maximum absolute atomic E-state index is 12.2. The summed E-state index contributed by atoms with van der Waals surface area (Å²) >= 11 is 0. The lowest BCUT2D eigenvalue weighted by Crippen LogP contribution is -2.44. The summed E-state index contributed by atoms with van der Waals surface area (Å²) in [7, 11) is 0. The van der Waals surface area contributed by atoms with Crippen LogP contribution in [0.25, 0.3) is 22.2 Å². The first-order valence-corrected chi connectivity index (χ1v) is 12.5. The van der Waals surface area contributed by atoms with E-state index in [0.717, 1.165) is 28.5 Å². The van der Waals surface area contributed by atoms with Gasteiger partial charge in [-0.1, -0.05) is 23.4 Å². The predicted octanol–water partition coefficient (Wildman–Crippen LogP) is 5.36. The Morgan fingerprint density at radius 2 is 1.90 bits per heavy atom. The van der Waals surface area contributed by atoms with Gasteiger partial charge in [0.25, 0.3) is 5.69 Å². The van der Waals surface area contributed by atoms with Gasteiger partial charge in [0.2, 0.25) is 0 Å². The van der Waals surface area contributed by atoms with Crippen molar-refractivity contribution in [3.63, 3.8) is 0 Å². The molecule has 0 bridgehead atoms. The number of aliphatic carboxylic acids is 1. The van der Waals surface area contributed by atoms with E-state index in [0.29, 0.717) is 24.4 Å². The molecule has 204 valence electrons. The summed E-state index contributed by atoms with van der Waals surface area (Å²) in [6, 6.07) is 14.5. The summed E-state index contributed by atoms with van der Waals surface area (Å²) in [4.78, 5) is 34.5. The van der Waals surface area contributed by atoms with Crippen LogP contribution in [-0.2, 0) is 28.9 Å². The smallest absolute Gasteiger partial charge is 0.408 e. The third-order valence-electron chi connectivity index (χ3n) is 6.04. The van der Waals surface area contributed by atoms with Crippen LogP contribution >= 0.6 is 0 Å². The lowest BCUT2D eigenvalue weighted by Gasteiger charge is -2.22. The molecular formula is C28H30N4O7. The molecule has 0 aliphatic heterocycles. The Labute approximate surface area is 224 Å². The molecule has 0 saturated heterocycles. The van der Waals surface area contributed by atoms with Crippen molar-refractivity contribution < 1.29 is 28.9 Å². The van der Waals surface area contributed by atoms with Crippen LogP contribution in [0.3, 0.4) is 0 Å². The van der Waals surface area contributed by atoms with E-state index in [1.165, 1.54) is 12.1 Å². The third kappa shape index (κ3) is 7.01. The minimum atomic E-state index is -1.15. The zero-order chi connectivity index (χ0) is 28.2. The maximum atomic E-state index is 12.2. The average Bonchev–Trinajstić information content (AvgIpc) is 3.48. The molecule has 2 aromatic heterocycles. The molecule has 11 heteroatoms. The number of hydrogen-bond donors (Lipinski definition) is 2. The van der Waals surface area contributed by atoms with Gasteiger partial charge in [-0.3, -0.25) is 10.1 Å². The van der Waals surface area contributed by atoms with Gasteiger partial charge in [-0.2, -0.15) is 0 Å². The van der Waals surface area contributed by atoms with Crippen molar-refractivity contribution in [2.75, 3.05) is 0 Å². The van der Waals surface area contributed by atoms with E-state index in [4.69, 9.17) is 9.26 Å². The van der Waals surface area contributed by atoms with Crippen LogP contribution in [0.1, 0.15) is 38.5 Å². The van der Waals surface area contributed by atoms with Crippen LogP contribution in [0, 0.1) is 10.1 Å². The van der Waals surface area contributed by atoms with Crippen LogP contribution in [0.2, 0.25) is 0 Å². The number of carbonyl (C=O) groups is 2. The monoisotopic (exact) mass is 534 g/mol. The summed E-state index contributed by atoms with van der Waals surface area (Å²) in [6.45, 7) is 5.78. The summed E-state index contributed by atoms with van der Waals surface area (Å²) in [5.41, 5.74) is 2.36. The molecule has 0 fully saturated rings. The highest BCUT2D eigenvalue weighted by Gasteiger charge is 2.25. The highest BCUT2D eigenvalue weighted by molar-refractivity contribution is 5.86. The Balaban J connectivity index is 1.43. The van der Waals surface area contributed by atoms with Crippen LogP contribution in [0.4, 0.5) is 10.5 Å². The van der Waals surface area contributed by atoms with E-state index < -0.39 is 28.6 Å². The molecule has 1 atom stereocenters. The number of alkyl carbamates (subject to hydrolysis) is 1. The molecule has 2 N–H and O–H groups in total. The SMILES string of the molecule is CC(C)(C)OC(=O)N[C@@H](Cc1cn(CCCc2cc(-c3ccc([N+](=O)[O-])cc3)no2)c2ccccc12)C(=O)O. The number of fused-ring (bicyclic) bond motifs is 1. The highest BCUT2D eigenvalue weighted by atomic mass is 16.6. The molecular weight excluding hydrogens is 504 g/mol. The van der Waals surface area contributed by atoms with Gasteiger partial charge in [0, 0.05) is 60.2 Å². The Kier molecular flexibility index (Phi) is 7.99. The fourth-order valence-electron chi connectivity index (χ4n) is 4.28. The number of nitrogens with zero attached hydrogens (tertiary/aromatic N) is 3. The van der Waals surface area contributed by atoms with Crippen molar-refractivity contribution in [3.8, 4) is 11.3 Å². The number of amides is 1. The maximum Gasteiger partial charge on any atom is 0.408 e. The number of nitro benzene ring substituents is 1. The first-order chi connectivity index (χ1) is 18.5. The molecule has 0 aliphatic carbocycles. The van der Waals surface area contributed by atoms with Gasteiger partial charge in [-0.25, -0.2) is 9.59 Å². The molecule has 0 aliphatic rings. The van der Waals surface area contributed by atoms with Gasteiger partial charge in [0.1, 0.15) is 23.1 Å². The minimum absolute atomic E-state index is 0.0103. The lowest BCUT2D eigenvalue weighted by atomic mass is 10.1. The minimum Gasteiger partial charge on any atom is -0.480 e. The van der Waals surface area contributed by atoms with E-state index in [1.807, 2.05) is 36.5 Å².